The van der Waals surface area contributed by atoms with Crippen LogP contribution in [0.4, 0.5) is 13.2 Å². The molecule has 0 aliphatic carbocycles. The summed E-state index contributed by atoms with van der Waals surface area (Å²) in [6, 6.07) is 7.75. The van der Waals surface area contributed by atoms with Crippen LogP contribution in [-0.2, 0) is 19.8 Å². The maximum absolute atomic E-state index is 13.5. The van der Waals surface area contributed by atoms with E-state index in [4.69, 9.17) is 27.9 Å². The van der Waals surface area contributed by atoms with Gasteiger partial charge >= 0.3 is 11.9 Å². The highest BCUT2D eigenvalue weighted by molar-refractivity contribution is 6.34. The van der Waals surface area contributed by atoms with Gasteiger partial charge < -0.3 is 4.74 Å². The van der Waals surface area contributed by atoms with Crippen molar-refractivity contribution in [2.45, 2.75) is 12.8 Å². The third-order valence-corrected chi connectivity index (χ3v) is 4.22. The molecule has 0 unspecified atom stereocenters. The van der Waals surface area contributed by atoms with Crippen LogP contribution >= 0.6 is 23.2 Å². The molecule has 3 rings (SSSR count). The standard InChI is InChI=1S/C16H11Cl2F3N4O2/c1-24-15(26)25(23-22-24)13-4-2-3-11(16(19,20)21)10(13)8-27-14-7-9(17)5-6-12(14)18/h2-7H,8H2,1H3. The number of alkyl halides is 3. The molecule has 0 fully saturated rings. The van der Waals surface area contributed by atoms with Crippen LogP contribution in [0.3, 0.4) is 0 Å². The van der Waals surface area contributed by atoms with E-state index in [0.717, 1.165) is 15.4 Å². The number of nitrogens with zero attached hydrogens (tertiary/aromatic N) is 4. The first-order chi connectivity index (χ1) is 12.7. The molecule has 0 bridgehead atoms. The van der Waals surface area contributed by atoms with Crippen molar-refractivity contribution in [2.24, 2.45) is 7.05 Å². The number of rotatable bonds is 4. The van der Waals surface area contributed by atoms with Gasteiger partial charge in [0.2, 0.25) is 0 Å². The first kappa shape index (κ1) is 19.2. The third kappa shape index (κ3) is 3.93. The third-order valence-electron chi connectivity index (χ3n) is 3.67. The first-order valence-electron chi connectivity index (χ1n) is 7.45. The molecule has 0 aliphatic rings. The number of halogens is 5. The molecule has 0 aliphatic heterocycles. The second-order valence-electron chi connectivity index (χ2n) is 5.46. The van der Waals surface area contributed by atoms with Gasteiger partial charge in [0, 0.05) is 23.7 Å². The van der Waals surface area contributed by atoms with E-state index >= 15 is 0 Å². The molecule has 0 saturated carbocycles. The minimum atomic E-state index is -4.67. The molecule has 142 valence electrons. The molecule has 0 saturated heterocycles. The number of aryl methyl sites for hydroxylation is 1. The Morgan fingerprint density at radius 1 is 1.15 bits per heavy atom. The van der Waals surface area contributed by atoms with Crippen molar-refractivity contribution in [2.75, 3.05) is 0 Å². The van der Waals surface area contributed by atoms with E-state index in [-0.39, 0.29) is 22.0 Å². The van der Waals surface area contributed by atoms with Gasteiger partial charge in [-0.2, -0.15) is 22.5 Å². The van der Waals surface area contributed by atoms with Crippen LogP contribution < -0.4 is 10.4 Å². The summed E-state index contributed by atoms with van der Waals surface area (Å²) >= 11 is 11.9. The maximum atomic E-state index is 13.5. The van der Waals surface area contributed by atoms with Crippen LogP contribution in [-0.4, -0.2) is 19.8 Å². The molecule has 2 aromatic carbocycles. The number of ether oxygens (including phenoxy) is 1. The highest BCUT2D eigenvalue weighted by atomic mass is 35.5. The Labute approximate surface area is 160 Å². The fourth-order valence-corrected chi connectivity index (χ4v) is 2.73. The Kier molecular flexibility index (Phi) is 5.16. The highest BCUT2D eigenvalue weighted by Gasteiger charge is 2.35. The van der Waals surface area contributed by atoms with Crippen molar-refractivity contribution < 1.29 is 17.9 Å². The van der Waals surface area contributed by atoms with Gasteiger partial charge in [-0.05, 0) is 34.7 Å². The quantitative estimate of drug-likeness (QED) is 0.644. The molecule has 0 N–H and O–H groups in total. The average Bonchev–Trinajstić information content (AvgIpc) is 2.93. The summed E-state index contributed by atoms with van der Waals surface area (Å²) < 4.78 is 47.6. The van der Waals surface area contributed by atoms with Crippen molar-refractivity contribution in [3.63, 3.8) is 0 Å². The molecular weight excluding hydrogens is 408 g/mol. The Hall–Kier alpha value is -2.52. The zero-order chi connectivity index (χ0) is 19.8. The van der Waals surface area contributed by atoms with Gasteiger partial charge in [-0.1, -0.05) is 29.3 Å². The van der Waals surface area contributed by atoms with Crippen molar-refractivity contribution in [3.8, 4) is 11.4 Å². The van der Waals surface area contributed by atoms with Crippen LogP contribution in [0.25, 0.3) is 5.69 Å². The van der Waals surface area contributed by atoms with Crippen LogP contribution in [0.15, 0.2) is 41.2 Å². The monoisotopic (exact) mass is 418 g/mol. The molecule has 11 heteroatoms. The number of hydrogen-bond acceptors (Lipinski definition) is 4. The summed E-state index contributed by atoms with van der Waals surface area (Å²) in [6.07, 6.45) is -4.67. The summed E-state index contributed by atoms with van der Waals surface area (Å²) in [5.74, 6) is 0.110. The maximum Gasteiger partial charge on any atom is 0.416 e. The molecule has 0 atom stereocenters. The lowest BCUT2D eigenvalue weighted by Crippen LogP contribution is -2.24. The van der Waals surface area contributed by atoms with Gasteiger partial charge in [0.1, 0.15) is 12.4 Å². The molecule has 6 nitrogen and oxygen atoms in total. The van der Waals surface area contributed by atoms with Crippen molar-refractivity contribution in [1.29, 1.82) is 0 Å². The number of benzene rings is 2. The van der Waals surface area contributed by atoms with Crippen molar-refractivity contribution in [3.05, 3.63) is 68.1 Å². The van der Waals surface area contributed by atoms with Crippen LogP contribution in [0.2, 0.25) is 10.0 Å². The Morgan fingerprint density at radius 2 is 1.89 bits per heavy atom. The van der Waals surface area contributed by atoms with Crippen LogP contribution in [0.1, 0.15) is 11.1 Å². The topological polar surface area (TPSA) is 61.9 Å². The van der Waals surface area contributed by atoms with E-state index in [1.165, 1.54) is 37.4 Å². The van der Waals surface area contributed by atoms with E-state index in [2.05, 4.69) is 10.4 Å². The zero-order valence-electron chi connectivity index (χ0n) is 13.7. The lowest BCUT2D eigenvalue weighted by atomic mass is 10.1. The van der Waals surface area contributed by atoms with Gasteiger partial charge in [-0.15, -0.1) is 0 Å². The summed E-state index contributed by atoms with van der Waals surface area (Å²) in [6.45, 7) is -0.520. The summed E-state index contributed by atoms with van der Waals surface area (Å²) in [5.41, 5.74) is -2.04. The predicted octanol–water partition coefficient (Wildman–Crippen LogP) is 3.87. The fourth-order valence-electron chi connectivity index (χ4n) is 2.39. The molecule has 0 spiro atoms. The molecule has 3 aromatic rings. The Bertz CT molecular complexity index is 1050. The van der Waals surface area contributed by atoms with Crippen molar-refractivity contribution in [1.82, 2.24) is 19.8 Å². The largest absolute Gasteiger partial charge is 0.487 e. The van der Waals surface area contributed by atoms with Gasteiger partial charge in [0.15, 0.2) is 0 Å². The molecule has 1 heterocycles. The summed E-state index contributed by atoms with van der Waals surface area (Å²) in [5, 5.41) is 7.62. The first-order valence-corrected chi connectivity index (χ1v) is 8.20. The van der Waals surface area contributed by atoms with Gasteiger partial charge in [-0.25, -0.2) is 4.79 Å². The highest BCUT2D eigenvalue weighted by Crippen LogP contribution is 2.35. The molecule has 1 aromatic heterocycles. The fraction of sp³-hybridized carbons (Fsp3) is 0.188. The lowest BCUT2D eigenvalue weighted by molar-refractivity contribution is -0.138. The minimum Gasteiger partial charge on any atom is -0.487 e. The van der Waals surface area contributed by atoms with E-state index in [1.807, 2.05) is 0 Å². The normalized spacial score (nSPS) is 11.6. The summed E-state index contributed by atoms with van der Waals surface area (Å²) in [7, 11) is 1.33. The molecule has 0 radical (unpaired) electrons. The van der Waals surface area contributed by atoms with Gasteiger partial charge in [-0.3, -0.25) is 0 Å². The smallest absolute Gasteiger partial charge is 0.416 e. The zero-order valence-corrected chi connectivity index (χ0v) is 15.2. The van der Waals surface area contributed by atoms with Crippen LogP contribution in [0, 0.1) is 0 Å². The molecular formula is C16H11Cl2F3N4O2. The van der Waals surface area contributed by atoms with E-state index in [9.17, 15) is 18.0 Å². The number of hydrogen-bond donors (Lipinski definition) is 0. The molecule has 27 heavy (non-hydrogen) atoms. The minimum absolute atomic E-state index is 0.0962. The predicted molar refractivity (Wildman–Crippen MR) is 92.4 cm³/mol. The van der Waals surface area contributed by atoms with Gasteiger partial charge in [0.25, 0.3) is 0 Å². The van der Waals surface area contributed by atoms with E-state index < -0.39 is 24.0 Å². The second-order valence-corrected chi connectivity index (χ2v) is 6.30. The van der Waals surface area contributed by atoms with Gasteiger partial charge in [0.05, 0.1) is 16.3 Å². The Balaban J connectivity index is 2.10. The van der Waals surface area contributed by atoms with E-state index in [1.54, 1.807) is 0 Å². The number of aromatic nitrogens is 4. The SMILES string of the molecule is Cn1nnn(-c2cccc(C(F)(F)F)c2COc2cc(Cl)ccc2Cl)c1=O. The van der Waals surface area contributed by atoms with Crippen molar-refractivity contribution >= 4 is 23.2 Å². The Morgan fingerprint density at radius 3 is 2.52 bits per heavy atom. The molecule has 0 amide bonds. The van der Waals surface area contributed by atoms with Crippen LogP contribution in [0.5, 0.6) is 5.75 Å². The lowest BCUT2D eigenvalue weighted by Gasteiger charge is -2.17. The second kappa shape index (κ2) is 7.24. The van der Waals surface area contributed by atoms with E-state index in [0.29, 0.717) is 5.02 Å². The summed E-state index contributed by atoms with van der Waals surface area (Å²) in [4.78, 5) is 12.1. The number of tetrazole rings is 1. The average molecular weight is 419 g/mol.